The molecule has 3 rings (SSSR count). The third-order valence-corrected chi connectivity index (χ3v) is 3.36. The molecular formula is C14H16N2O4. The third kappa shape index (κ3) is 2.60. The Morgan fingerprint density at radius 3 is 3.15 bits per heavy atom. The zero-order valence-corrected chi connectivity index (χ0v) is 11.2. The van der Waals surface area contributed by atoms with Gasteiger partial charge in [-0.05, 0) is 18.6 Å². The minimum atomic E-state index is -0.307. The van der Waals surface area contributed by atoms with Gasteiger partial charge >= 0.3 is 6.09 Å². The SMILES string of the molecule is COC(=O)N1CCC(OCc2nc3ccccc3o2)C1. The third-order valence-electron chi connectivity index (χ3n) is 3.36. The van der Waals surface area contributed by atoms with E-state index in [2.05, 4.69) is 9.72 Å². The monoisotopic (exact) mass is 276 g/mol. The van der Waals surface area contributed by atoms with Crippen LogP contribution in [0.3, 0.4) is 0 Å². The van der Waals surface area contributed by atoms with E-state index in [0.29, 0.717) is 25.6 Å². The minimum absolute atomic E-state index is 0.00381. The molecule has 1 fully saturated rings. The number of likely N-dealkylation sites (tertiary alicyclic amines) is 1. The molecule has 0 bridgehead atoms. The smallest absolute Gasteiger partial charge is 0.409 e. The topological polar surface area (TPSA) is 64.8 Å². The summed E-state index contributed by atoms with van der Waals surface area (Å²) in [5.74, 6) is 0.558. The number of fused-ring (bicyclic) bond motifs is 1. The molecule has 0 spiro atoms. The van der Waals surface area contributed by atoms with Gasteiger partial charge in [0.15, 0.2) is 5.58 Å². The highest BCUT2D eigenvalue weighted by Crippen LogP contribution is 2.18. The first-order chi connectivity index (χ1) is 9.76. The van der Waals surface area contributed by atoms with Gasteiger partial charge in [0, 0.05) is 6.54 Å². The average Bonchev–Trinajstić information content (AvgIpc) is 3.10. The maximum Gasteiger partial charge on any atom is 0.409 e. The van der Waals surface area contributed by atoms with Crippen LogP contribution in [0.5, 0.6) is 0 Å². The molecular weight excluding hydrogens is 260 g/mol. The van der Waals surface area contributed by atoms with Gasteiger partial charge in [0.2, 0.25) is 5.89 Å². The Kier molecular flexibility index (Phi) is 3.56. The standard InChI is InChI=1S/C14H16N2O4/c1-18-14(17)16-7-6-10(8-16)19-9-13-15-11-4-2-3-5-12(11)20-13/h2-5,10H,6-9H2,1H3. The molecule has 1 amide bonds. The molecule has 1 aromatic heterocycles. The Labute approximate surface area is 116 Å². The number of benzene rings is 1. The summed E-state index contributed by atoms with van der Waals surface area (Å²) in [5.41, 5.74) is 1.59. The minimum Gasteiger partial charge on any atom is -0.453 e. The number of carbonyl (C=O) groups excluding carboxylic acids is 1. The zero-order chi connectivity index (χ0) is 13.9. The zero-order valence-electron chi connectivity index (χ0n) is 11.2. The van der Waals surface area contributed by atoms with Crippen LogP contribution in [0.1, 0.15) is 12.3 Å². The predicted octanol–water partition coefficient (Wildman–Crippen LogP) is 2.19. The van der Waals surface area contributed by atoms with Gasteiger partial charge in [-0.1, -0.05) is 12.1 Å². The number of hydrogen-bond donors (Lipinski definition) is 0. The number of oxazole rings is 1. The van der Waals surface area contributed by atoms with Crippen molar-refractivity contribution in [3.63, 3.8) is 0 Å². The van der Waals surface area contributed by atoms with Crippen molar-refractivity contribution in [1.82, 2.24) is 9.88 Å². The molecule has 1 saturated heterocycles. The maximum atomic E-state index is 11.4. The van der Waals surface area contributed by atoms with E-state index in [4.69, 9.17) is 9.15 Å². The maximum absolute atomic E-state index is 11.4. The summed E-state index contributed by atoms with van der Waals surface area (Å²) in [6, 6.07) is 7.60. The molecule has 20 heavy (non-hydrogen) atoms. The van der Waals surface area contributed by atoms with E-state index in [-0.39, 0.29) is 12.2 Å². The number of para-hydroxylation sites is 2. The highest BCUT2D eigenvalue weighted by molar-refractivity contribution is 5.72. The van der Waals surface area contributed by atoms with Crippen molar-refractivity contribution in [2.24, 2.45) is 0 Å². The van der Waals surface area contributed by atoms with E-state index in [1.165, 1.54) is 7.11 Å². The number of amides is 1. The number of rotatable bonds is 3. The van der Waals surface area contributed by atoms with Crippen LogP contribution in [-0.2, 0) is 16.1 Å². The fraction of sp³-hybridized carbons (Fsp3) is 0.429. The van der Waals surface area contributed by atoms with E-state index < -0.39 is 0 Å². The molecule has 6 heteroatoms. The molecule has 0 aliphatic carbocycles. The van der Waals surface area contributed by atoms with E-state index in [9.17, 15) is 4.79 Å². The number of hydrogen-bond acceptors (Lipinski definition) is 5. The second-order valence-electron chi connectivity index (χ2n) is 4.71. The van der Waals surface area contributed by atoms with Crippen molar-refractivity contribution in [2.75, 3.05) is 20.2 Å². The Bertz CT molecular complexity index is 577. The van der Waals surface area contributed by atoms with Gasteiger partial charge < -0.3 is 18.8 Å². The molecule has 1 aliphatic rings. The molecule has 106 valence electrons. The average molecular weight is 276 g/mol. The predicted molar refractivity (Wildman–Crippen MR) is 71.2 cm³/mol. The van der Waals surface area contributed by atoms with Gasteiger partial charge in [0.1, 0.15) is 12.1 Å². The Morgan fingerprint density at radius 1 is 1.50 bits per heavy atom. The molecule has 1 atom stereocenters. The van der Waals surface area contributed by atoms with Gasteiger partial charge in [-0.2, -0.15) is 0 Å². The van der Waals surface area contributed by atoms with E-state index in [1.54, 1.807) is 4.90 Å². The summed E-state index contributed by atoms with van der Waals surface area (Å²) >= 11 is 0. The molecule has 6 nitrogen and oxygen atoms in total. The fourth-order valence-corrected chi connectivity index (χ4v) is 2.33. The lowest BCUT2D eigenvalue weighted by molar-refractivity contribution is 0.0345. The van der Waals surface area contributed by atoms with Crippen molar-refractivity contribution in [2.45, 2.75) is 19.1 Å². The second-order valence-corrected chi connectivity index (χ2v) is 4.71. The molecule has 1 unspecified atom stereocenters. The van der Waals surface area contributed by atoms with Crippen LogP contribution >= 0.6 is 0 Å². The number of methoxy groups -OCH3 is 1. The molecule has 1 aliphatic heterocycles. The van der Waals surface area contributed by atoms with Crippen LogP contribution in [0, 0.1) is 0 Å². The molecule has 0 N–H and O–H groups in total. The first-order valence-electron chi connectivity index (χ1n) is 6.55. The lowest BCUT2D eigenvalue weighted by Gasteiger charge is -2.14. The van der Waals surface area contributed by atoms with Gasteiger partial charge in [-0.15, -0.1) is 0 Å². The Balaban J connectivity index is 1.56. The van der Waals surface area contributed by atoms with Gasteiger partial charge in [0.25, 0.3) is 0 Å². The molecule has 2 aromatic rings. The summed E-state index contributed by atoms with van der Waals surface area (Å²) in [5, 5.41) is 0. The Hall–Kier alpha value is -2.08. The summed E-state index contributed by atoms with van der Waals surface area (Å²) in [6.45, 7) is 1.52. The summed E-state index contributed by atoms with van der Waals surface area (Å²) in [4.78, 5) is 17.4. The first kappa shape index (κ1) is 12.9. The number of ether oxygens (including phenoxy) is 2. The molecule has 2 heterocycles. The van der Waals surface area contributed by atoms with Crippen LogP contribution < -0.4 is 0 Å². The van der Waals surface area contributed by atoms with Gasteiger partial charge in [-0.3, -0.25) is 0 Å². The summed E-state index contributed by atoms with van der Waals surface area (Å²) < 4.78 is 16.0. The number of aromatic nitrogens is 1. The normalized spacial score (nSPS) is 18.6. The molecule has 0 saturated carbocycles. The summed E-state index contributed by atoms with van der Waals surface area (Å²) in [6.07, 6.45) is 0.497. The highest BCUT2D eigenvalue weighted by atomic mass is 16.5. The molecule has 1 aromatic carbocycles. The highest BCUT2D eigenvalue weighted by Gasteiger charge is 2.27. The summed E-state index contributed by atoms with van der Waals surface area (Å²) in [7, 11) is 1.38. The van der Waals surface area contributed by atoms with Crippen molar-refractivity contribution < 1.29 is 18.7 Å². The van der Waals surface area contributed by atoms with Crippen molar-refractivity contribution in [1.29, 1.82) is 0 Å². The van der Waals surface area contributed by atoms with E-state index in [1.807, 2.05) is 24.3 Å². The van der Waals surface area contributed by atoms with Crippen LogP contribution in [0.15, 0.2) is 28.7 Å². The Morgan fingerprint density at radius 2 is 2.35 bits per heavy atom. The van der Waals surface area contributed by atoms with Gasteiger partial charge in [0.05, 0.1) is 19.8 Å². The quantitative estimate of drug-likeness (QED) is 0.859. The first-order valence-corrected chi connectivity index (χ1v) is 6.55. The molecule has 0 radical (unpaired) electrons. The van der Waals surface area contributed by atoms with Gasteiger partial charge in [-0.25, -0.2) is 9.78 Å². The second kappa shape index (κ2) is 5.50. The lowest BCUT2D eigenvalue weighted by atomic mass is 10.3. The van der Waals surface area contributed by atoms with Crippen LogP contribution in [0.4, 0.5) is 4.79 Å². The number of nitrogens with zero attached hydrogens (tertiary/aromatic N) is 2. The fourth-order valence-electron chi connectivity index (χ4n) is 2.33. The van der Waals surface area contributed by atoms with Crippen molar-refractivity contribution in [3.8, 4) is 0 Å². The van der Waals surface area contributed by atoms with E-state index in [0.717, 1.165) is 17.5 Å². The number of carbonyl (C=O) groups is 1. The van der Waals surface area contributed by atoms with Crippen LogP contribution in [-0.4, -0.2) is 42.3 Å². The van der Waals surface area contributed by atoms with Crippen molar-refractivity contribution >= 4 is 17.2 Å². The van der Waals surface area contributed by atoms with Crippen LogP contribution in [0.25, 0.3) is 11.1 Å². The van der Waals surface area contributed by atoms with Crippen LogP contribution in [0.2, 0.25) is 0 Å². The van der Waals surface area contributed by atoms with E-state index >= 15 is 0 Å². The largest absolute Gasteiger partial charge is 0.453 e. The lowest BCUT2D eigenvalue weighted by Crippen LogP contribution is -2.29. The van der Waals surface area contributed by atoms with Crippen molar-refractivity contribution in [3.05, 3.63) is 30.2 Å².